The molecule has 1 aliphatic carbocycles. The van der Waals surface area contributed by atoms with Gasteiger partial charge in [-0.3, -0.25) is 4.79 Å². The topological polar surface area (TPSA) is 38.3 Å². The number of methoxy groups -OCH3 is 1. The second-order valence-electron chi connectivity index (χ2n) is 4.30. The van der Waals surface area contributed by atoms with Crippen LogP contribution in [0.15, 0.2) is 11.4 Å². The van der Waals surface area contributed by atoms with Gasteiger partial charge in [0.25, 0.3) is 5.91 Å². The van der Waals surface area contributed by atoms with Gasteiger partial charge < -0.3 is 10.1 Å². The number of ether oxygens (including phenoxy) is 1. The van der Waals surface area contributed by atoms with Crippen molar-refractivity contribution in [2.75, 3.05) is 13.7 Å². The Bertz CT molecular complexity index is 394. The monoisotopic (exact) mass is 317 g/mol. The maximum Gasteiger partial charge on any atom is 0.265 e. The molecular formula is C12H16BrNO2S. The third-order valence-electron chi connectivity index (χ3n) is 3.08. The molecule has 1 aromatic rings. The van der Waals surface area contributed by atoms with Crippen molar-refractivity contribution in [2.24, 2.45) is 5.92 Å². The van der Waals surface area contributed by atoms with E-state index in [2.05, 4.69) is 21.2 Å². The highest BCUT2D eigenvalue weighted by molar-refractivity contribution is 9.09. The summed E-state index contributed by atoms with van der Waals surface area (Å²) in [7, 11) is 1.59. The molecule has 1 N–H and O–H groups in total. The van der Waals surface area contributed by atoms with Gasteiger partial charge >= 0.3 is 0 Å². The summed E-state index contributed by atoms with van der Waals surface area (Å²) >= 11 is 5.04. The van der Waals surface area contributed by atoms with Gasteiger partial charge in [0.1, 0.15) is 10.6 Å². The highest BCUT2D eigenvalue weighted by atomic mass is 79.9. The van der Waals surface area contributed by atoms with E-state index in [1.807, 2.05) is 11.4 Å². The van der Waals surface area contributed by atoms with E-state index in [0.717, 1.165) is 13.0 Å². The molecule has 0 saturated heterocycles. The first-order valence-corrected chi connectivity index (χ1v) is 7.54. The van der Waals surface area contributed by atoms with Crippen molar-refractivity contribution in [3.63, 3.8) is 0 Å². The number of thiophene rings is 1. The number of amides is 1. The summed E-state index contributed by atoms with van der Waals surface area (Å²) in [6, 6.07) is 1.82. The molecule has 2 atom stereocenters. The number of hydrogen-bond donors (Lipinski definition) is 1. The molecule has 17 heavy (non-hydrogen) atoms. The summed E-state index contributed by atoms with van der Waals surface area (Å²) in [5.74, 6) is 1.25. The molecule has 2 rings (SSSR count). The molecular weight excluding hydrogens is 302 g/mol. The Kier molecular flexibility index (Phi) is 4.45. The van der Waals surface area contributed by atoms with Crippen LogP contribution < -0.4 is 10.1 Å². The predicted molar refractivity (Wildman–Crippen MR) is 73.3 cm³/mol. The minimum atomic E-state index is -0.0186. The van der Waals surface area contributed by atoms with Gasteiger partial charge in [-0.15, -0.1) is 11.3 Å². The van der Waals surface area contributed by atoms with Crippen LogP contribution in [0.1, 0.15) is 28.9 Å². The Morgan fingerprint density at radius 1 is 1.65 bits per heavy atom. The molecule has 5 heteroatoms. The van der Waals surface area contributed by atoms with Crippen LogP contribution in [0.5, 0.6) is 5.75 Å². The number of alkyl halides is 1. The van der Waals surface area contributed by atoms with Gasteiger partial charge in [-0.2, -0.15) is 0 Å². The molecule has 0 aromatic carbocycles. The maximum atomic E-state index is 11.9. The fraction of sp³-hybridized carbons (Fsp3) is 0.583. The lowest BCUT2D eigenvalue weighted by molar-refractivity contribution is 0.0949. The van der Waals surface area contributed by atoms with E-state index in [9.17, 15) is 4.79 Å². The standard InChI is InChI=1S/C12H16BrNO2S/c1-16-10-4-5-17-11(10)12(15)14-7-8-2-3-9(13)6-8/h4-5,8-9H,2-3,6-7H2,1H3,(H,14,15). The van der Waals surface area contributed by atoms with Gasteiger partial charge in [-0.25, -0.2) is 0 Å². The van der Waals surface area contributed by atoms with Crippen LogP contribution in [-0.2, 0) is 0 Å². The van der Waals surface area contributed by atoms with Crippen molar-refractivity contribution in [3.05, 3.63) is 16.3 Å². The lowest BCUT2D eigenvalue weighted by atomic mass is 10.1. The molecule has 2 unspecified atom stereocenters. The van der Waals surface area contributed by atoms with Crippen molar-refractivity contribution in [1.29, 1.82) is 0 Å². The Morgan fingerprint density at radius 2 is 2.47 bits per heavy atom. The zero-order valence-electron chi connectivity index (χ0n) is 9.74. The third-order valence-corrected chi connectivity index (χ3v) is 4.81. The van der Waals surface area contributed by atoms with Crippen LogP contribution in [0.2, 0.25) is 0 Å². The summed E-state index contributed by atoms with van der Waals surface area (Å²) in [6.45, 7) is 0.766. The molecule has 0 aliphatic heterocycles. The molecule has 1 aliphatic rings. The normalized spacial score (nSPS) is 23.6. The van der Waals surface area contributed by atoms with Crippen molar-refractivity contribution in [2.45, 2.75) is 24.1 Å². The highest BCUT2D eigenvalue weighted by Crippen LogP contribution is 2.30. The van der Waals surface area contributed by atoms with Crippen LogP contribution in [0, 0.1) is 5.92 Å². The van der Waals surface area contributed by atoms with E-state index in [1.165, 1.54) is 24.2 Å². The fourth-order valence-electron chi connectivity index (χ4n) is 2.14. The molecule has 1 fully saturated rings. The van der Waals surface area contributed by atoms with Gasteiger partial charge in [0.05, 0.1) is 7.11 Å². The zero-order chi connectivity index (χ0) is 12.3. The summed E-state index contributed by atoms with van der Waals surface area (Å²) in [6.07, 6.45) is 3.56. The molecule has 94 valence electrons. The number of hydrogen-bond acceptors (Lipinski definition) is 3. The molecule has 0 bridgehead atoms. The molecule has 0 radical (unpaired) electrons. The first kappa shape index (κ1) is 12.9. The SMILES string of the molecule is COc1ccsc1C(=O)NCC1CCC(Br)C1. The number of carbonyl (C=O) groups excluding carboxylic acids is 1. The summed E-state index contributed by atoms with van der Waals surface area (Å²) in [5.41, 5.74) is 0. The Balaban J connectivity index is 1.85. The van der Waals surface area contributed by atoms with E-state index >= 15 is 0 Å². The van der Waals surface area contributed by atoms with Crippen LogP contribution in [0.3, 0.4) is 0 Å². The second kappa shape index (κ2) is 5.87. The average Bonchev–Trinajstić information content (AvgIpc) is 2.94. The molecule has 1 saturated carbocycles. The van der Waals surface area contributed by atoms with Crippen LogP contribution in [0.25, 0.3) is 0 Å². The van der Waals surface area contributed by atoms with E-state index in [-0.39, 0.29) is 5.91 Å². The van der Waals surface area contributed by atoms with Crippen molar-refractivity contribution < 1.29 is 9.53 Å². The molecule has 0 spiro atoms. The summed E-state index contributed by atoms with van der Waals surface area (Å²) < 4.78 is 5.14. The average molecular weight is 318 g/mol. The number of nitrogens with one attached hydrogen (secondary N) is 1. The molecule has 1 amide bonds. The van der Waals surface area contributed by atoms with E-state index in [4.69, 9.17) is 4.74 Å². The van der Waals surface area contributed by atoms with Gasteiger partial charge in [0.2, 0.25) is 0 Å². The van der Waals surface area contributed by atoms with E-state index < -0.39 is 0 Å². The Labute approximate surface area is 114 Å². The third kappa shape index (κ3) is 3.22. The van der Waals surface area contributed by atoms with Crippen LogP contribution in [0.4, 0.5) is 0 Å². The largest absolute Gasteiger partial charge is 0.495 e. The fourth-order valence-corrected chi connectivity index (χ4v) is 3.71. The zero-order valence-corrected chi connectivity index (χ0v) is 12.1. The maximum absolute atomic E-state index is 11.9. The van der Waals surface area contributed by atoms with Gasteiger partial charge in [0.15, 0.2) is 0 Å². The summed E-state index contributed by atoms with van der Waals surface area (Å²) in [4.78, 5) is 13.2. The number of halogens is 1. The van der Waals surface area contributed by atoms with E-state index in [1.54, 1.807) is 7.11 Å². The second-order valence-corrected chi connectivity index (χ2v) is 6.52. The van der Waals surface area contributed by atoms with Crippen LogP contribution in [-0.4, -0.2) is 24.4 Å². The smallest absolute Gasteiger partial charge is 0.265 e. The molecule has 3 nitrogen and oxygen atoms in total. The van der Waals surface area contributed by atoms with Gasteiger partial charge in [-0.1, -0.05) is 15.9 Å². The number of rotatable bonds is 4. The lowest BCUT2D eigenvalue weighted by Gasteiger charge is -2.10. The molecule has 1 heterocycles. The Hall–Kier alpha value is -0.550. The van der Waals surface area contributed by atoms with Crippen molar-refractivity contribution in [1.82, 2.24) is 5.32 Å². The summed E-state index contributed by atoms with van der Waals surface area (Å²) in [5, 5.41) is 4.87. The highest BCUT2D eigenvalue weighted by Gasteiger charge is 2.23. The van der Waals surface area contributed by atoms with Crippen molar-refractivity contribution >= 4 is 33.2 Å². The van der Waals surface area contributed by atoms with E-state index in [0.29, 0.717) is 21.4 Å². The quantitative estimate of drug-likeness (QED) is 0.867. The van der Waals surface area contributed by atoms with Crippen LogP contribution >= 0.6 is 27.3 Å². The first-order chi connectivity index (χ1) is 8.20. The van der Waals surface area contributed by atoms with Crippen molar-refractivity contribution in [3.8, 4) is 5.75 Å². The predicted octanol–water partition coefficient (Wildman–Crippen LogP) is 3.05. The Morgan fingerprint density at radius 3 is 3.12 bits per heavy atom. The molecule has 1 aromatic heterocycles. The minimum Gasteiger partial charge on any atom is -0.495 e. The first-order valence-electron chi connectivity index (χ1n) is 5.74. The number of carbonyl (C=O) groups is 1. The lowest BCUT2D eigenvalue weighted by Crippen LogP contribution is -2.28. The van der Waals surface area contributed by atoms with Gasteiger partial charge in [-0.05, 0) is 36.6 Å². The minimum absolute atomic E-state index is 0.0186. The van der Waals surface area contributed by atoms with Gasteiger partial charge in [0, 0.05) is 11.4 Å².